The van der Waals surface area contributed by atoms with Gasteiger partial charge in [-0.2, -0.15) is 0 Å². The Hall–Kier alpha value is -0.280. The van der Waals surface area contributed by atoms with E-state index in [1.54, 1.807) is 6.92 Å². The Balaban J connectivity index is 0.000001000. The van der Waals surface area contributed by atoms with Crippen LogP contribution in [-0.2, 0) is 4.79 Å². The van der Waals surface area contributed by atoms with Crippen LogP contribution in [0.3, 0.4) is 0 Å². The fourth-order valence-corrected chi connectivity index (χ4v) is 1.31. The normalized spacial score (nSPS) is 25.7. The van der Waals surface area contributed by atoms with Gasteiger partial charge in [0.25, 0.3) is 0 Å². The third-order valence-electron chi connectivity index (χ3n) is 2.09. The molecular weight excluding hydrogens is 166 g/mol. The van der Waals surface area contributed by atoms with Gasteiger partial charge in [0.05, 0.1) is 5.92 Å². The largest absolute Gasteiger partial charge is 0.481 e. The smallest absolute Gasteiger partial charge is 0.307 e. The van der Waals surface area contributed by atoms with Gasteiger partial charge in [-0.15, -0.1) is 12.4 Å². The predicted molar refractivity (Wildman–Crippen MR) is 45.1 cm³/mol. The van der Waals surface area contributed by atoms with Crippen LogP contribution in [0.4, 0.5) is 0 Å². The van der Waals surface area contributed by atoms with Crippen molar-refractivity contribution in [2.75, 3.05) is 6.54 Å². The van der Waals surface area contributed by atoms with Crippen molar-refractivity contribution in [3.8, 4) is 0 Å². The van der Waals surface area contributed by atoms with Crippen LogP contribution in [0.25, 0.3) is 0 Å². The zero-order valence-corrected chi connectivity index (χ0v) is 7.36. The lowest BCUT2D eigenvalue weighted by Gasteiger charge is -2.13. The van der Waals surface area contributed by atoms with E-state index in [-0.39, 0.29) is 24.4 Å². The van der Waals surface area contributed by atoms with E-state index in [2.05, 4.69) is 5.32 Å². The lowest BCUT2D eigenvalue weighted by atomic mass is 10.0. The zero-order valence-electron chi connectivity index (χ0n) is 6.54. The predicted octanol–water partition coefficient (Wildman–Crippen LogP) is 0.881. The summed E-state index contributed by atoms with van der Waals surface area (Å²) in [5.74, 6) is -0.929. The molecule has 0 radical (unpaired) electrons. The van der Waals surface area contributed by atoms with Crippen LogP contribution in [0.1, 0.15) is 19.8 Å². The Kier molecular flexibility index (Phi) is 4.45. The molecule has 0 amide bonds. The van der Waals surface area contributed by atoms with Crippen LogP contribution < -0.4 is 5.32 Å². The van der Waals surface area contributed by atoms with E-state index in [0.717, 1.165) is 19.4 Å². The van der Waals surface area contributed by atoms with Gasteiger partial charge in [-0.3, -0.25) is 4.79 Å². The number of rotatable bonds is 2. The van der Waals surface area contributed by atoms with Crippen molar-refractivity contribution in [2.45, 2.75) is 25.8 Å². The van der Waals surface area contributed by atoms with Gasteiger partial charge in [0.2, 0.25) is 0 Å². The first-order chi connectivity index (χ1) is 4.72. The highest BCUT2D eigenvalue weighted by atomic mass is 35.5. The number of hydrogen-bond acceptors (Lipinski definition) is 2. The summed E-state index contributed by atoms with van der Waals surface area (Å²) in [5, 5.41) is 11.8. The average Bonchev–Trinajstić information content (AvgIpc) is 2.36. The van der Waals surface area contributed by atoms with Gasteiger partial charge < -0.3 is 10.4 Å². The zero-order chi connectivity index (χ0) is 7.56. The van der Waals surface area contributed by atoms with Crippen LogP contribution in [0.15, 0.2) is 0 Å². The van der Waals surface area contributed by atoms with Crippen molar-refractivity contribution in [3.05, 3.63) is 0 Å². The highest BCUT2D eigenvalue weighted by molar-refractivity contribution is 5.85. The first kappa shape index (κ1) is 10.7. The standard InChI is InChI=1S/C7H13NO2.ClH/c1-5(7(9)10)6-3-2-4-8-6;/h5-6,8H,2-4H2,1H3,(H,9,10);1H/t5-,6?;/m0./s1. The highest BCUT2D eigenvalue weighted by Crippen LogP contribution is 2.13. The molecule has 0 aromatic rings. The summed E-state index contributed by atoms with van der Waals surface area (Å²) in [7, 11) is 0. The van der Waals surface area contributed by atoms with Gasteiger partial charge in [0, 0.05) is 6.04 Å². The first-order valence-corrected chi connectivity index (χ1v) is 3.68. The molecule has 0 bridgehead atoms. The molecular formula is C7H14ClNO2. The topological polar surface area (TPSA) is 49.3 Å². The van der Waals surface area contributed by atoms with Crippen molar-refractivity contribution < 1.29 is 9.90 Å². The first-order valence-electron chi connectivity index (χ1n) is 3.68. The van der Waals surface area contributed by atoms with Gasteiger partial charge in [0.1, 0.15) is 0 Å². The van der Waals surface area contributed by atoms with E-state index in [9.17, 15) is 4.79 Å². The second kappa shape index (κ2) is 4.57. The molecule has 0 saturated carbocycles. The molecule has 0 aromatic heterocycles. The minimum atomic E-state index is -0.695. The van der Waals surface area contributed by atoms with Gasteiger partial charge in [-0.1, -0.05) is 6.92 Å². The number of aliphatic carboxylic acids is 1. The van der Waals surface area contributed by atoms with Gasteiger partial charge >= 0.3 is 5.97 Å². The van der Waals surface area contributed by atoms with Crippen LogP contribution in [0, 0.1) is 5.92 Å². The lowest BCUT2D eigenvalue weighted by molar-refractivity contribution is -0.141. The minimum absolute atomic E-state index is 0. The summed E-state index contributed by atoms with van der Waals surface area (Å²) in [6.45, 7) is 2.73. The summed E-state index contributed by atoms with van der Waals surface area (Å²) in [6.07, 6.45) is 2.12. The summed E-state index contributed by atoms with van der Waals surface area (Å²) >= 11 is 0. The maximum absolute atomic E-state index is 10.4. The molecule has 66 valence electrons. The molecule has 0 aliphatic carbocycles. The second-order valence-corrected chi connectivity index (χ2v) is 2.83. The molecule has 1 heterocycles. The molecule has 0 spiro atoms. The molecule has 1 rings (SSSR count). The van der Waals surface area contributed by atoms with Crippen molar-refractivity contribution >= 4 is 18.4 Å². The molecule has 2 N–H and O–H groups in total. The van der Waals surface area contributed by atoms with Crippen LogP contribution in [0.5, 0.6) is 0 Å². The Morgan fingerprint density at radius 3 is 2.73 bits per heavy atom. The third-order valence-corrected chi connectivity index (χ3v) is 2.09. The monoisotopic (exact) mass is 179 g/mol. The van der Waals surface area contributed by atoms with E-state index in [4.69, 9.17) is 5.11 Å². The molecule has 1 aliphatic heterocycles. The van der Waals surface area contributed by atoms with E-state index in [0.29, 0.717) is 0 Å². The molecule has 1 saturated heterocycles. The Morgan fingerprint density at radius 1 is 1.73 bits per heavy atom. The van der Waals surface area contributed by atoms with E-state index in [1.807, 2.05) is 0 Å². The fraction of sp³-hybridized carbons (Fsp3) is 0.857. The number of carboxylic acids is 1. The molecule has 2 atom stereocenters. The van der Waals surface area contributed by atoms with Crippen LogP contribution in [-0.4, -0.2) is 23.7 Å². The van der Waals surface area contributed by atoms with Gasteiger partial charge in [-0.05, 0) is 19.4 Å². The molecule has 3 nitrogen and oxygen atoms in total. The van der Waals surface area contributed by atoms with E-state index < -0.39 is 5.97 Å². The SMILES string of the molecule is C[C@H](C(=O)O)C1CCCN1.Cl. The fourth-order valence-electron chi connectivity index (χ4n) is 1.31. The Morgan fingerprint density at radius 2 is 2.36 bits per heavy atom. The molecule has 1 aliphatic rings. The number of halogens is 1. The Labute approximate surface area is 72.6 Å². The molecule has 1 fully saturated rings. The number of carbonyl (C=O) groups is 1. The maximum Gasteiger partial charge on any atom is 0.307 e. The Bertz CT molecular complexity index is 134. The van der Waals surface area contributed by atoms with Gasteiger partial charge in [0.15, 0.2) is 0 Å². The quantitative estimate of drug-likeness (QED) is 0.662. The summed E-state index contributed by atoms with van der Waals surface area (Å²) in [4.78, 5) is 10.4. The molecule has 4 heteroatoms. The van der Waals surface area contributed by atoms with Crippen molar-refractivity contribution in [2.24, 2.45) is 5.92 Å². The second-order valence-electron chi connectivity index (χ2n) is 2.83. The van der Waals surface area contributed by atoms with Crippen LogP contribution >= 0.6 is 12.4 Å². The maximum atomic E-state index is 10.4. The molecule has 0 aromatic carbocycles. The van der Waals surface area contributed by atoms with Crippen LogP contribution in [0.2, 0.25) is 0 Å². The lowest BCUT2D eigenvalue weighted by Crippen LogP contribution is -2.33. The molecule has 1 unspecified atom stereocenters. The molecule has 11 heavy (non-hydrogen) atoms. The summed E-state index contributed by atoms with van der Waals surface area (Å²) in [6, 6.07) is 0.206. The highest BCUT2D eigenvalue weighted by Gasteiger charge is 2.25. The van der Waals surface area contributed by atoms with Crippen molar-refractivity contribution in [1.82, 2.24) is 5.32 Å². The van der Waals surface area contributed by atoms with Gasteiger partial charge in [-0.25, -0.2) is 0 Å². The van der Waals surface area contributed by atoms with E-state index in [1.165, 1.54) is 0 Å². The third kappa shape index (κ3) is 2.67. The summed E-state index contributed by atoms with van der Waals surface area (Å²) < 4.78 is 0. The minimum Gasteiger partial charge on any atom is -0.481 e. The number of carboxylic acid groups (broad SMARTS) is 1. The number of nitrogens with one attached hydrogen (secondary N) is 1. The van der Waals surface area contributed by atoms with Crippen molar-refractivity contribution in [3.63, 3.8) is 0 Å². The summed E-state index contributed by atoms with van der Waals surface area (Å²) in [5.41, 5.74) is 0. The average molecular weight is 180 g/mol. The van der Waals surface area contributed by atoms with E-state index >= 15 is 0 Å². The van der Waals surface area contributed by atoms with Crippen molar-refractivity contribution in [1.29, 1.82) is 0 Å². The number of hydrogen-bond donors (Lipinski definition) is 2.